The number of carboxylic acids is 2. The number of unbranched alkanes of at least 4 members (excludes halogenated alkanes) is 18. The number of amides is 2. The summed E-state index contributed by atoms with van der Waals surface area (Å²) in [7, 11) is 4.04. The number of carbonyl (C=O) groups excluding carboxylic acids is 4. The van der Waals surface area contributed by atoms with Crippen molar-refractivity contribution in [2.45, 2.75) is 155 Å². The second-order valence-corrected chi connectivity index (χ2v) is 19.7. The molecule has 2 amide bonds. The molecule has 0 spiro atoms. The highest BCUT2D eigenvalue weighted by molar-refractivity contribution is 8.76. The number of nitrogens with zero attached hydrogens (tertiary/aromatic N) is 2. The molecule has 0 saturated carbocycles. The number of hydrogen-bond acceptors (Lipinski definition) is 10. The maximum atomic E-state index is 12.8. The van der Waals surface area contributed by atoms with Crippen LogP contribution in [0.2, 0.25) is 0 Å². The highest BCUT2D eigenvalue weighted by atomic mass is 33.1. The van der Waals surface area contributed by atoms with E-state index in [4.69, 9.17) is 31.2 Å². The molecule has 0 aliphatic rings. The van der Waals surface area contributed by atoms with E-state index in [1.54, 1.807) is 38.1 Å². The molecular formula is C50H70N4O10S2. The van der Waals surface area contributed by atoms with E-state index in [1.165, 1.54) is 101 Å². The fourth-order valence-electron chi connectivity index (χ4n) is 8.69. The molecule has 16 heteroatoms. The molecule has 14 nitrogen and oxygen atoms in total. The van der Waals surface area contributed by atoms with Crippen molar-refractivity contribution in [1.29, 1.82) is 0 Å². The van der Waals surface area contributed by atoms with Crippen LogP contribution in [0.15, 0.2) is 36.4 Å². The van der Waals surface area contributed by atoms with Crippen molar-refractivity contribution < 1.29 is 48.5 Å². The van der Waals surface area contributed by atoms with Crippen molar-refractivity contribution in [2.24, 2.45) is 11.5 Å². The van der Waals surface area contributed by atoms with Gasteiger partial charge in [0.25, 0.3) is 23.4 Å². The van der Waals surface area contributed by atoms with Gasteiger partial charge in [-0.2, -0.15) is 0 Å². The maximum absolute atomic E-state index is 12.8. The van der Waals surface area contributed by atoms with Crippen molar-refractivity contribution in [1.82, 2.24) is 9.13 Å². The first-order chi connectivity index (χ1) is 31.8. The fraction of sp³-hybridized carbons (Fsp3) is 0.560. The van der Waals surface area contributed by atoms with Gasteiger partial charge in [0, 0.05) is 36.0 Å². The first-order valence-corrected chi connectivity index (χ1v) is 26.2. The van der Waals surface area contributed by atoms with Gasteiger partial charge in [0.15, 0.2) is 13.2 Å². The average Bonchev–Trinajstić information content (AvgIpc) is 3.74. The van der Waals surface area contributed by atoms with Gasteiger partial charge in [0.2, 0.25) is 0 Å². The number of ether oxygens (including phenoxy) is 2. The largest absolute Gasteiger partial charge is 0.481 e. The number of rotatable bonds is 37. The number of carboxylic acid groups (broad SMARTS) is 2. The van der Waals surface area contributed by atoms with Gasteiger partial charge < -0.3 is 40.3 Å². The number of benzene rings is 2. The Kier molecular flexibility index (Phi) is 23.5. The lowest BCUT2D eigenvalue weighted by atomic mass is 10.1. The molecule has 4 aromatic rings. The third-order valence-corrected chi connectivity index (χ3v) is 14.6. The second-order valence-electron chi connectivity index (χ2n) is 17.0. The fourth-order valence-corrected chi connectivity index (χ4v) is 11.0. The van der Waals surface area contributed by atoms with E-state index in [9.17, 15) is 28.8 Å². The highest BCUT2D eigenvalue weighted by Gasteiger charge is 2.27. The number of Topliss-reactive ketones (excluding diaryl/α,β-unsaturated/α-hetero) is 2. The summed E-state index contributed by atoms with van der Waals surface area (Å²) in [5, 5.41) is 19.0. The average molecular weight is 951 g/mol. The summed E-state index contributed by atoms with van der Waals surface area (Å²) in [6, 6.07) is 10.4. The van der Waals surface area contributed by atoms with E-state index < -0.39 is 48.5 Å². The Bertz CT molecular complexity index is 2090. The zero-order valence-corrected chi connectivity index (χ0v) is 40.5. The Balaban J connectivity index is 0.949. The Morgan fingerprint density at radius 1 is 0.485 bits per heavy atom. The lowest BCUT2D eigenvalue weighted by Gasteiger charge is -2.09. The smallest absolute Gasteiger partial charge is 0.341 e. The molecule has 6 N–H and O–H groups in total. The molecular weight excluding hydrogens is 881 g/mol. The van der Waals surface area contributed by atoms with Crippen molar-refractivity contribution >= 4 is 78.7 Å². The van der Waals surface area contributed by atoms with Gasteiger partial charge in [-0.05, 0) is 63.8 Å². The molecule has 4 rings (SSSR count). The van der Waals surface area contributed by atoms with Crippen LogP contribution in [-0.4, -0.2) is 79.4 Å². The Hall–Kier alpha value is -4.96. The molecule has 0 aliphatic heterocycles. The number of nitrogens with two attached hydrogens (primary N) is 2. The molecule has 0 unspecified atom stereocenters. The first-order valence-electron chi connectivity index (χ1n) is 23.7. The SMILES string of the molecule is Cc1c(C(=O)C(N)=O)c2c(OCC(=O)O)cccc2n1CCCCCCCCCCCCSSCCCCCCCCCCCCn1c(C)c(C(=O)C(N)=O)c2c(OCC(=O)O)cccc21. The molecule has 0 saturated heterocycles. The van der Waals surface area contributed by atoms with Crippen molar-refractivity contribution in [3.63, 3.8) is 0 Å². The zero-order chi connectivity index (χ0) is 47.8. The van der Waals surface area contributed by atoms with Crippen LogP contribution in [0.1, 0.15) is 161 Å². The van der Waals surface area contributed by atoms with Crippen molar-refractivity contribution in [3.05, 3.63) is 58.9 Å². The second kappa shape index (κ2) is 28.9. The normalized spacial score (nSPS) is 11.4. The van der Waals surface area contributed by atoms with Gasteiger partial charge in [-0.1, -0.05) is 136 Å². The zero-order valence-electron chi connectivity index (χ0n) is 38.9. The number of aryl methyl sites for hydroxylation is 2. The van der Waals surface area contributed by atoms with Crippen LogP contribution in [0, 0.1) is 13.8 Å². The van der Waals surface area contributed by atoms with Crippen molar-refractivity contribution in [3.8, 4) is 11.5 Å². The van der Waals surface area contributed by atoms with Crippen LogP contribution in [-0.2, 0) is 32.3 Å². The van der Waals surface area contributed by atoms with Gasteiger partial charge in [0.1, 0.15) is 11.5 Å². The number of aromatic nitrogens is 2. The lowest BCUT2D eigenvalue weighted by Crippen LogP contribution is -2.24. The number of primary amides is 2. The summed E-state index contributed by atoms with van der Waals surface area (Å²) in [4.78, 5) is 71.5. The quantitative estimate of drug-likeness (QED) is 0.0143. The van der Waals surface area contributed by atoms with Gasteiger partial charge in [0.05, 0.1) is 32.9 Å². The van der Waals surface area contributed by atoms with Crippen molar-refractivity contribution in [2.75, 3.05) is 24.7 Å². The molecule has 2 aromatic heterocycles. The van der Waals surface area contributed by atoms with Crippen LogP contribution >= 0.6 is 21.6 Å². The Morgan fingerprint density at radius 3 is 1.09 bits per heavy atom. The van der Waals surface area contributed by atoms with Gasteiger partial charge in [-0.3, -0.25) is 19.2 Å². The van der Waals surface area contributed by atoms with E-state index in [2.05, 4.69) is 0 Å². The van der Waals surface area contributed by atoms with Gasteiger partial charge >= 0.3 is 11.9 Å². The number of carbonyl (C=O) groups is 6. The van der Waals surface area contributed by atoms with E-state index in [-0.39, 0.29) is 22.6 Å². The minimum Gasteiger partial charge on any atom is -0.481 e. The van der Waals surface area contributed by atoms with Crippen LogP contribution in [0.3, 0.4) is 0 Å². The molecule has 0 fully saturated rings. The number of aliphatic carboxylic acids is 2. The third kappa shape index (κ3) is 16.4. The first kappa shape index (κ1) is 53.7. The standard InChI is InChI=1S/C50H70N4O10S2/c1-35-43(47(59)49(51)61)45-37(25-23-27-39(45)63-33-41(55)56)53(35)29-19-15-11-7-3-5-9-13-17-21-31-65-66-32-22-18-14-10-6-4-8-12-16-20-30-54-36(2)44(48(60)50(52)62)46-38(54)26-24-28-40(46)64-34-42(57)58/h23-28H,3-22,29-34H2,1-2H3,(H2,51,61)(H2,52,62)(H,55,56)(H,57,58). The van der Waals surface area contributed by atoms with E-state index >= 15 is 0 Å². The summed E-state index contributed by atoms with van der Waals surface area (Å²) in [6.07, 6.45) is 23.9. The topological polar surface area (TPSA) is 223 Å². The van der Waals surface area contributed by atoms with E-state index in [1.807, 2.05) is 42.9 Å². The Labute approximate surface area is 396 Å². The van der Waals surface area contributed by atoms with Crippen LogP contribution in [0.5, 0.6) is 11.5 Å². The lowest BCUT2D eigenvalue weighted by molar-refractivity contribution is -0.140. The monoisotopic (exact) mass is 950 g/mol. The highest BCUT2D eigenvalue weighted by Crippen LogP contribution is 2.36. The predicted octanol–water partition coefficient (Wildman–Crippen LogP) is 10.4. The minimum absolute atomic E-state index is 0.179. The summed E-state index contributed by atoms with van der Waals surface area (Å²) in [5.74, 6) is -3.06. The molecule has 2 heterocycles. The Morgan fingerprint density at radius 2 is 0.788 bits per heavy atom. The molecule has 2 aromatic carbocycles. The van der Waals surface area contributed by atoms with Gasteiger partial charge in [-0.15, -0.1) is 0 Å². The van der Waals surface area contributed by atoms with Gasteiger partial charge in [-0.25, -0.2) is 9.59 Å². The number of ketones is 2. The molecule has 362 valence electrons. The molecule has 66 heavy (non-hydrogen) atoms. The third-order valence-electron chi connectivity index (χ3n) is 12.0. The summed E-state index contributed by atoms with van der Waals surface area (Å²) in [6.45, 7) is 3.80. The van der Waals surface area contributed by atoms with Crippen LogP contribution in [0.25, 0.3) is 21.8 Å². The summed E-state index contributed by atoms with van der Waals surface area (Å²) in [5.41, 5.74) is 13.8. The molecule has 0 bridgehead atoms. The number of hydrogen-bond donors (Lipinski definition) is 4. The number of fused-ring (bicyclic) bond motifs is 2. The maximum Gasteiger partial charge on any atom is 0.341 e. The van der Waals surface area contributed by atoms with Crippen LogP contribution in [0.4, 0.5) is 0 Å². The molecule has 0 radical (unpaired) electrons. The summed E-state index contributed by atoms with van der Waals surface area (Å²) >= 11 is 0. The minimum atomic E-state index is -1.13. The van der Waals surface area contributed by atoms with E-state index in [0.717, 1.165) is 49.6 Å². The molecule has 0 atom stereocenters. The molecule has 0 aliphatic carbocycles. The van der Waals surface area contributed by atoms with E-state index in [0.29, 0.717) is 35.2 Å². The summed E-state index contributed by atoms with van der Waals surface area (Å²) < 4.78 is 14.9. The predicted molar refractivity (Wildman–Crippen MR) is 264 cm³/mol. The van der Waals surface area contributed by atoms with Crippen LogP contribution < -0.4 is 20.9 Å².